The van der Waals surface area contributed by atoms with Crippen molar-refractivity contribution >= 4 is 40.6 Å². The van der Waals surface area contributed by atoms with Crippen LogP contribution < -0.4 is 10.6 Å². The Morgan fingerprint density at radius 1 is 1.48 bits per heavy atom. The third kappa shape index (κ3) is 4.87. The Hall–Kier alpha value is -1.31. The van der Waals surface area contributed by atoms with Crippen molar-refractivity contribution in [2.75, 3.05) is 24.2 Å². The van der Waals surface area contributed by atoms with Crippen LogP contribution >= 0.6 is 23.4 Å². The third-order valence-corrected chi connectivity index (χ3v) is 4.85. The summed E-state index contributed by atoms with van der Waals surface area (Å²) in [6.07, 6.45) is 2.12. The summed E-state index contributed by atoms with van der Waals surface area (Å²) in [7, 11) is 0. The summed E-state index contributed by atoms with van der Waals surface area (Å²) >= 11 is 7.35. The van der Waals surface area contributed by atoms with Gasteiger partial charge in [0, 0.05) is 17.0 Å². The lowest BCUT2D eigenvalue weighted by Crippen LogP contribution is -2.30. The Labute approximate surface area is 131 Å². The van der Waals surface area contributed by atoms with Crippen LogP contribution in [0.25, 0.3) is 0 Å². The summed E-state index contributed by atoms with van der Waals surface area (Å²) in [5, 5.41) is 17.3. The van der Waals surface area contributed by atoms with Crippen LogP contribution in [0.3, 0.4) is 0 Å². The molecule has 6 nitrogen and oxygen atoms in total. The number of nitrogens with one attached hydrogen (secondary N) is 2. The minimum Gasteiger partial charge on any atom is -0.325 e. The fourth-order valence-corrected chi connectivity index (χ4v) is 3.30. The van der Waals surface area contributed by atoms with E-state index in [9.17, 15) is 14.9 Å². The fraction of sp³-hybridized carbons (Fsp3) is 0.462. The number of hydrogen-bond acceptors (Lipinski definition) is 5. The molecule has 0 bridgehead atoms. The van der Waals surface area contributed by atoms with Gasteiger partial charge in [-0.15, -0.1) is 11.8 Å². The number of amides is 1. The SMILES string of the molecule is O=C(CSC1CCNCC1)Nc1ccc(Cl)c([N+](=O)[O-])c1. The number of nitro benzene ring substituents is 1. The summed E-state index contributed by atoms with van der Waals surface area (Å²) < 4.78 is 0. The molecule has 0 spiro atoms. The predicted octanol–water partition coefficient (Wildman–Crippen LogP) is 2.67. The normalized spacial score (nSPS) is 15.7. The quantitative estimate of drug-likeness (QED) is 0.641. The second-order valence-corrected chi connectivity index (χ2v) is 6.43. The number of piperidine rings is 1. The number of anilines is 1. The molecule has 2 rings (SSSR count). The van der Waals surface area contributed by atoms with Crippen molar-refractivity contribution in [1.82, 2.24) is 5.32 Å². The molecular weight excluding hydrogens is 314 g/mol. The first-order chi connectivity index (χ1) is 10.1. The van der Waals surface area contributed by atoms with Crippen molar-refractivity contribution in [1.29, 1.82) is 0 Å². The molecule has 21 heavy (non-hydrogen) atoms. The molecule has 1 fully saturated rings. The van der Waals surface area contributed by atoms with Crippen molar-refractivity contribution in [3.8, 4) is 0 Å². The Morgan fingerprint density at radius 3 is 2.86 bits per heavy atom. The van der Waals surface area contributed by atoms with Crippen LogP contribution in [0.5, 0.6) is 0 Å². The lowest BCUT2D eigenvalue weighted by atomic mass is 10.2. The summed E-state index contributed by atoms with van der Waals surface area (Å²) in [6, 6.07) is 4.24. The molecule has 2 N–H and O–H groups in total. The first-order valence-electron chi connectivity index (χ1n) is 6.62. The van der Waals surface area contributed by atoms with Gasteiger partial charge in [0.05, 0.1) is 10.7 Å². The van der Waals surface area contributed by atoms with E-state index in [-0.39, 0.29) is 16.6 Å². The summed E-state index contributed by atoms with van der Waals surface area (Å²) in [5.74, 6) is 0.191. The Bertz CT molecular complexity index is 535. The number of halogens is 1. The number of benzene rings is 1. The van der Waals surface area contributed by atoms with Crippen molar-refractivity contribution < 1.29 is 9.72 Å². The van der Waals surface area contributed by atoms with Crippen molar-refractivity contribution in [3.63, 3.8) is 0 Å². The van der Waals surface area contributed by atoms with E-state index < -0.39 is 4.92 Å². The van der Waals surface area contributed by atoms with Crippen LogP contribution in [-0.2, 0) is 4.79 Å². The van der Waals surface area contributed by atoms with Gasteiger partial charge >= 0.3 is 0 Å². The number of hydrogen-bond donors (Lipinski definition) is 2. The first-order valence-corrected chi connectivity index (χ1v) is 8.05. The van der Waals surface area contributed by atoms with Gasteiger partial charge in [0.15, 0.2) is 0 Å². The molecule has 0 atom stereocenters. The van der Waals surface area contributed by atoms with Gasteiger partial charge in [-0.1, -0.05) is 11.6 Å². The second kappa shape index (κ2) is 7.63. The lowest BCUT2D eigenvalue weighted by Gasteiger charge is -2.21. The van der Waals surface area contributed by atoms with Crippen LogP contribution in [0.15, 0.2) is 18.2 Å². The zero-order chi connectivity index (χ0) is 15.2. The fourth-order valence-electron chi connectivity index (χ4n) is 2.08. The van der Waals surface area contributed by atoms with E-state index in [4.69, 9.17) is 11.6 Å². The van der Waals surface area contributed by atoms with Crippen molar-refractivity contribution in [3.05, 3.63) is 33.3 Å². The second-order valence-electron chi connectivity index (χ2n) is 4.73. The van der Waals surface area contributed by atoms with Crippen molar-refractivity contribution in [2.24, 2.45) is 0 Å². The average molecular weight is 330 g/mol. The predicted molar refractivity (Wildman–Crippen MR) is 85.1 cm³/mol. The minimum atomic E-state index is -0.568. The van der Waals surface area contributed by atoms with E-state index in [0.29, 0.717) is 16.7 Å². The van der Waals surface area contributed by atoms with E-state index >= 15 is 0 Å². The molecular formula is C13H16ClN3O3S. The lowest BCUT2D eigenvalue weighted by molar-refractivity contribution is -0.384. The standard InChI is InChI=1S/C13H16ClN3O3S/c14-11-2-1-9(7-12(11)17(19)20)16-13(18)8-21-10-3-5-15-6-4-10/h1-2,7,10,15H,3-6,8H2,(H,16,18). The smallest absolute Gasteiger partial charge is 0.289 e. The molecule has 114 valence electrons. The molecule has 1 aromatic carbocycles. The highest BCUT2D eigenvalue weighted by Gasteiger charge is 2.16. The molecule has 0 aliphatic carbocycles. The highest BCUT2D eigenvalue weighted by atomic mass is 35.5. The van der Waals surface area contributed by atoms with Gasteiger partial charge in [0.25, 0.3) is 5.69 Å². The zero-order valence-corrected chi connectivity index (χ0v) is 12.9. The number of nitrogens with zero attached hydrogens (tertiary/aromatic N) is 1. The molecule has 0 radical (unpaired) electrons. The van der Waals surface area contributed by atoms with Crippen LogP contribution in [0.1, 0.15) is 12.8 Å². The Kier molecular flexibility index (Phi) is 5.84. The summed E-state index contributed by atoms with van der Waals surface area (Å²) in [4.78, 5) is 22.1. The van der Waals surface area contributed by atoms with Crippen LogP contribution in [-0.4, -0.2) is 34.9 Å². The molecule has 1 aromatic rings. The number of thioether (sulfide) groups is 1. The van der Waals surface area contributed by atoms with E-state index in [1.54, 1.807) is 17.8 Å². The van der Waals surface area contributed by atoms with Gasteiger partial charge in [-0.2, -0.15) is 0 Å². The van der Waals surface area contributed by atoms with E-state index in [1.165, 1.54) is 12.1 Å². The number of nitro groups is 1. The minimum absolute atomic E-state index is 0.0575. The molecule has 0 unspecified atom stereocenters. The molecule has 1 aliphatic rings. The maximum atomic E-state index is 11.9. The molecule has 0 aromatic heterocycles. The average Bonchev–Trinajstić information content (AvgIpc) is 2.48. The van der Waals surface area contributed by atoms with E-state index in [1.807, 2.05) is 0 Å². The monoisotopic (exact) mass is 329 g/mol. The highest BCUT2D eigenvalue weighted by molar-refractivity contribution is 8.00. The topological polar surface area (TPSA) is 84.3 Å². The summed E-state index contributed by atoms with van der Waals surface area (Å²) in [6.45, 7) is 1.98. The van der Waals surface area contributed by atoms with Crippen LogP contribution in [0, 0.1) is 10.1 Å². The first kappa shape index (κ1) is 16.1. The van der Waals surface area contributed by atoms with Gasteiger partial charge < -0.3 is 10.6 Å². The third-order valence-electron chi connectivity index (χ3n) is 3.16. The van der Waals surface area contributed by atoms with Gasteiger partial charge in [-0.05, 0) is 38.1 Å². The maximum Gasteiger partial charge on any atom is 0.289 e. The van der Waals surface area contributed by atoms with E-state index in [0.717, 1.165) is 25.9 Å². The van der Waals surface area contributed by atoms with Gasteiger partial charge in [-0.25, -0.2) is 0 Å². The number of rotatable bonds is 5. The Morgan fingerprint density at radius 2 is 2.19 bits per heavy atom. The van der Waals surface area contributed by atoms with Crippen LogP contribution in [0.4, 0.5) is 11.4 Å². The number of carbonyl (C=O) groups is 1. The van der Waals surface area contributed by atoms with Crippen molar-refractivity contribution in [2.45, 2.75) is 18.1 Å². The zero-order valence-electron chi connectivity index (χ0n) is 11.3. The molecule has 8 heteroatoms. The van der Waals surface area contributed by atoms with Gasteiger partial charge in [-0.3, -0.25) is 14.9 Å². The number of carbonyl (C=O) groups excluding carboxylic acids is 1. The van der Waals surface area contributed by atoms with E-state index in [2.05, 4.69) is 10.6 Å². The molecule has 1 heterocycles. The molecule has 1 aliphatic heterocycles. The van der Waals surface area contributed by atoms with Crippen LogP contribution in [0.2, 0.25) is 5.02 Å². The molecule has 1 saturated heterocycles. The largest absolute Gasteiger partial charge is 0.325 e. The maximum absolute atomic E-state index is 11.9. The van der Waals surface area contributed by atoms with Gasteiger partial charge in [0.2, 0.25) is 5.91 Å². The summed E-state index contributed by atoms with van der Waals surface area (Å²) in [5.41, 5.74) is 0.183. The molecule has 1 amide bonds. The molecule has 0 saturated carbocycles. The highest BCUT2D eigenvalue weighted by Crippen LogP contribution is 2.27. The van der Waals surface area contributed by atoms with Gasteiger partial charge in [0.1, 0.15) is 5.02 Å². The Balaban J connectivity index is 1.87.